The smallest absolute Gasteiger partial charge is 0.220 e. The Labute approximate surface area is 104 Å². The fourth-order valence-electron chi connectivity index (χ4n) is 2.61. The Bertz CT molecular complexity index is 615. The second-order valence-corrected chi connectivity index (χ2v) is 4.72. The number of nitrogens with zero attached hydrogens (tertiary/aromatic N) is 4. The predicted octanol–water partition coefficient (Wildman–Crippen LogP) is 0.112. The van der Waals surface area contributed by atoms with E-state index in [0.717, 1.165) is 23.3 Å². The summed E-state index contributed by atoms with van der Waals surface area (Å²) in [4.78, 5) is 15.6. The molecule has 0 aliphatic carbocycles. The molecular formula is C11H16N6O. The van der Waals surface area contributed by atoms with E-state index < -0.39 is 0 Å². The minimum atomic E-state index is 0.0994. The average molecular weight is 248 g/mol. The standard InChI is InChI=1S/C11H16N6O/c1-6-9-10(16(2)15-6)17(11(12)14-9)7-3-4-8(18)13-5-7/h7H,3-5H2,1-2H3,(H2,12,14)(H,13,18). The minimum absolute atomic E-state index is 0.0994. The molecule has 0 radical (unpaired) electrons. The lowest BCUT2D eigenvalue weighted by Crippen LogP contribution is -2.36. The summed E-state index contributed by atoms with van der Waals surface area (Å²) < 4.78 is 3.78. The van der Waals surface area contributed by atoms with Crippen LogP contribution in [-0.2, 0) is 11.8 Å². The molecule has 0 spiro atoms. The highest BCUT2D eigenvalue weighted by atomic mass is 16.1. The van der Waals surface area contributed by atoms with Gasteiger partial charge in [-0.3, -0.25) is 14.0 Å². The summed E-state index contributed by atoms with van der Waals surface area (Å²) in [6.45, 7) is 2.51. The number of aromatic nitrogens is 4. The zero-order valence-corrected chi connectivity index (χ0v) is 10.5. The molecule has 7 heteroatoms. The van der Waals surface area contributed by atoms with Gasteiger partial charge in [-0.05, 0) is 13.3 Å². The second kappa shape index (κ2) is 3.72. The van der Waals surface area contributed by atoms with Crippen molar-refractivity contribution in [2.45, 2.75) is 25.8 Å². The highest BCUT2D eigenvalue weighted by molar-refractivity contribution is 5.79. The maximum atomic E-state index is 11.2. The Kier molecular flexibility index (Phi) is 2.29. The number of hydrogen-bond donors (Lipinski definition) is 2. The second-order valence-electron chi connectivity index (χ2n) is 4.72. The Hall–Kier alpha value is -2.05. The molecule has 1 aliphatic rings. The van der Waals surface area contributed by atoms with Gasteiger partial charge in [0.05, 0.1) is 11.7 Å². The number of nitrogens with two attached hydrogens (primary N) is 1. The van der Waals surface area contributed by atoms with Gasteiger partial charge in [0.15, 0.2) is 5.65 Å². The molecule has 18 heavy (non-hydrogen) atoms. The number of anilines is 1. The fourth-order valence-corrected chi connectivity index (χ4v) is 2.61. The molecule has 2 aromatic rings. The van der Waals surface area contributed by atoms with Gasteiger partial charge in [-0.1, -0.05) is 0 Å². The topological polar surface area (TPSA) is 90.8 Å². The normalized spacial score (nSPS) is 20.3. The van der Waals surface area contributed by atoms with Gasteiger partial charge in [0.1, 0.15) is 5.52 Å². The van der Waals surface area contributed by atoms with Crippen LogP contribution in [0.1, 0.15) is 24.6 Å². The van der Waals surface area contributed by atoms with Crippen LogP contribution in [-0.4, -0.2) is 31.8 Å². The van der Waals surface area contributed by atoms with Crippen LogP contribution in [0.4, 0.5) is 5.95 Å². The van der Waals surface area contributed by atoms with Crippen molar-refractivity contribution in [1.29, 1.82) is 0 Å². The summed E-state index contributed by atoms with van der Waals surface area (Å²) >= 11 is 0. The molecule has 1 atom stereocenters. The summed E-state index contributed by atoms with van der Waals surface area (Å²) in [5, 5.41) is 7.22. The van der Waals surface area contributed by atoms with Gasteiger partial charge in [0, 0.05) is 20.0 Å². The van der Waals surface area contributed by atoms with Crippen LogP contribution in [0.25, 0.3) is 11.2 Å². The van der Waals surface area contributed by atoms with Crippen molar-refractivity contribution in [2.75, 3.05) is 12.3 Å². The number of amides is 1. The molecule has 1 fully saturated rings. The summed E-state index contributed by atoms with van der Waals surface area (Å²) in [7, 11) is 1.88. The lowest BCUT2D eigenvalue weighted by atomic mass is 10.1. The number of hydrogen-bond acceptors (Lipinski definition) is 4. The maximum absolute atomic E-state index is 11.2. The lowest BCUT2D eigenvalue weighted by Gasteiger charge is -2.24. The van der Waals surface area contributed by atoms with Gasteiger partial charge in [0.2, 0.25) is 11.9 Å². The van der Waals surface area contributed by atoms with Crippen LogP contribution in [0.2, 0.25) is 0 Å². The van der Waals surface area contributed by atoms with Gasteiger partial charge in [0.25, 0.3) is 0 Å². The summed E-state index contributed by atoms with van der Waals surface area (Å²) in [6, 6.07) is 0.155. The van der Waals surface area contributed by atoms with E-state index in [1.165, 1.54) is 0 Å². The molecule has 0 saturated carbocycles. The predicted molar refractivity (Wildman–Crippen MR) is 66.9 cm³/mol. The van der Waals surface area contributed by atoms with E-state index in [1.54, 1.807) is 4.68 Å². The Morgan fingerprint density at radius 1 is 1.50 bits per heavy atom. The fraction of sp³-hybridized carbons (Fsp3) is 0.545. The Balaban J connectivity index is 2.10. The third-order valence-corrected chi connectivity index (χ3v) is 3.47. The van der Waals surface area contributed by atoms with Crippen LogP contribution in [0.3, 0.4) is 0 Å². The largest absolute Gasteiger partial charge is 0.369 e. The molecule has 1 aliphatic heterocycles. The van der Waals surface area contributed by atoms with Crippen LogP contribution in [0.15, 0.2) is 0 Å². The van der Waals surface area contributed by atoms with Gasteiger partial charge >= 0.3 is 0 Å². The molecule has 0 aromatic carbocycles. The van der Waals surface area contributed by atoms with Crippen molar-refractivity contribution in [3.63, 3.8) is 0 Å². The number of aryl methyl sites for hydroxylation is 2. The molecule has 2 aromatic heterocycles. The molecule has 0 bridgehead atoms. The van der Waals surface area contributed by atoms with Crippen molar-refractivity contribution in [3.05, 3.63) is 5.69 Å². The first kappa shape index (κ1) is 11.1. The molecule has 96 valence electrons. The van der Waals surface area contributed by atoms with Gasteiger partial charge in [-0.2, -0.15) is 5.10 Å². The van der Waals surface area contributed by atoms with E-state index in [9.17, 15) is 4.79 Å². The number of imidazole rings is 1. The third-order valence-electron chi connectivity index (χ3n) is 3.47. The summed E-state index contributed by atoms with van der Waals surface area (Å²) in [5.74, 6) is 0.588. The Morgan fingerprint density at radius 3 is 2.94 bits per heavy atom. The number of rotatable bonds is 1. The molecular weight excluding hydrogens is 232 g/mol. The number of piperidine rings is 1. The van der Waals surface area contributed by atoms with E-state index in [2.05, 4.69) is 15.4 Å². The van der Waals surface area contributed by atoms with E-state index in [1.807, 2.05) is 18.5 Å². The van der Waals surface area contributed by atoms with E-state index >= 15 is 0 Å². The summed E-state index contributed by atoms with van der Waals surface area (Å²) in [6.07, 6.45) is 1.31. The average Bonchev–Trinajstić information content (AvgIpc) is 2.79. The molecule has 1 saturated heterocycles. The number of fused-ring (bicyclic) bond motifs is 1. The van der Waals surface area contributed by atoms with Crippen molar-refractivity contribution in [3.8, 4) is 0 Å². The summed E-state index contributed by atoms with van der Waals surface area (Å²) in [5.41, 5.74) is 8.63. The molecule has 3 heterocycles. The lowest BCUT2D eigenvalue weighted by molar-refractivity contribution is -0.122. The number of nitrogens with one attached hydrogen (secondary N) is 1. The zero-order valence-electron chi connectivity index (χ0n) is 10.5. The van der Waals surface area contributed by atoms with Crippen molar-refractivity contribution < 1.29 is 4.79 Å². The van der Waals surface area contributed by atoms with Crippen molar-refractivity contribution in [1.82, 2.24) is 24.6 Å². The van der Waals surface area contributed by atoms with E-state index in [4.69, 9.17) is 5.73 Å². The van der Waals surface area contributed by atoms with E-state index in [0.29, 0.717) is 18.9 Å². The number of carbonyl (C=O) groups is 1. The highest BCUT2D eigenvalue weighted by Crippen LogP contribution is 2.27. The molecule has 1 unspecified atom stereocenters. The Morgan fingerprint density at radius 2 is 2.28 bits per heavy atom. The van der Waals surface area contributed by atoms with Crippen LogP contribution in [0.5, 0.6) is 0 Å². The van der Waals surface area contributed by atoms with Gasteiger partial charge in [-0.25, -0.2) is 4.98 Å². The van der Waals surface area contributed by atoms with Crippen LogP contribution in [0, 0.1) is 6.92 Å². The molecule has 3 N–H and O–H groups in total. The first-order chi connectivity index (χ1) is 8.58. The first-order valence-corrected chi connectivity index (χ1v) is 6.01. The molecule has 1 amide bonds. The third kappa shape index (κ3) is 1.47. The highest BCUT2D eigenvalue weighted by Gasteiger charge is 2.25. The first-order valence-electron chi connectivity index (χ1n) is 6.01. The monoisotopic (exact) mass is 248 g/mol. The zero-order chi connectivity index (χ0) is 12.9. The van der Waals surface area contributed by atoms with Crippen LogP contribution < -0.4 is 11.1 Å². The van der Waals surface area contributed by atoms with Crippen LogP contribution >= 0.6 is 0 Å². The van der Waals surface area contributed by atoms with Crippen molar-refractivity contribution >= 4 is 23.0 Å². The van der Waals surface area contributed by atoms with Gasteiger partial charge in [-0.15, -0.1) is 0 Å². The molecule has 7 nitrogen and oxygen atoms in total. The molecule has 3 rings (SSSR count). The van der Waals surface area contributed by atoms with E-state index in [-0.39, 0.29) is 11.9 Å². The number of carbonyl (C=O) groups excluding carboxylic acids is 1. The minimum Gasteiger partial charge on any atom is -0.369 e. The number of nitrogen functional groups attached to an aromatic ring is 1. The van der Waals surface area contributed by atoms with Gasteiger partial charge < -0.3 is 11.1 Å². The SMILES string of the molecule is Cc1nn(C)c2c1nc(N)n2C1CCC(=O)NC1. The maximum Gasteiger partial charge on any atom is 0.220 e. The van der Waals surface area contributed by atoms with Crippen molar-refractivity contribution in [2.24, 2.45) is 7.05 Å². The quantitative estimate of drug-likeness (QED) is 0.749.